The van der Waals surface area contributed by atoms with Gasteiger partial charge in [-0.2, -0.15) is 0 Å². The van der Waals surface area contributed by atoms with Crippen molar-refractivity contribution >= 4 is 55.3 Å². The molecule has 0 spiro atoms. The van der Waals surface area contributed by atoms with Gasteiger partial charge in [0.05, 0.1) is 10.2 Å². The third-order valence-corrected chi connectivity index (χ3v) is 7.73. The monoisotopic (exact) mass is 418 g/mol. The van der Waals surface area contributed by atoms with Gasteiger partial charge in [0.15, 0.2) is 5.16 Å². The Bertz CT molecular complexity index is 994. The van der Waals surface area contributed by atoms with Gasteiger partial charge in [-0.25, -0.2) is 15.0 Å². The normalized spacial score (nSPS) is 14.2. The first kappa shape index (κ1) is 19.4. The zero-order valence-corrected chi connectivity index (χ0v) is 19.1. The van der Waals surface area contributed by atoms with Crippen molar-refractivity contribution in [2.24, 2.45) is 0 Å². The summed E-state index contributed by atoms with van der Waals surface area (Å²) >= 11 is 5.26. The average molecular weight is 419 g/mol. The Hall–Kier alpha value is -0.890. The number of hydrogen-bond donors (Lipinski definition) is 0. The third-order valence-electron chi connectivity index (χ3n) is 5.02. The van der Waals surface area contributed by atoms with Crippen molar-refractivity contribution in [2.45, 2.75) is 49.2 Å². The van der Waals surface area contributed by atoms with Crippen LogP contribution in [-0.2, 0) is 12.8 Å². The first-order valence-electron chi connectivity index (χ1n) is 9.47. The number of aryl methyl sites for hydroxylation is 1. The molecule has 7 heteroatoms. The van der Waals surface area contributed by atoms with Gasteiger partial charge < -0.3 is 4.90 Å². The highest BCUT2D eigenvalue weighted by Gasteiger charge is 2.25. The maximum Gasteiger partial charge on any atom is 0.189 e. The van der Waals surface area contributed by atoms with Crippen LogP contribution < -0.4 is 0 Å². The summed E-state index contributed by atoms with van der Waals surface area (Å²) in [5.41, 5.74) is 5.41. The number of hydrogen-bond acceptors (Lipinski definition) is 7. The van der Waals surface area contributed by atoms with E-state index in [1.807, 2.05) is 11.8 Å². The van der Waals surface area contributed by atoms with E-state index < -0.39 is 0 Å². The second kappa shape index (κ2) is 7.85. The first-order valence-corrected chi connectivity index (χ1v) is 12.5. The number of rotatable bonds is 6. The second-order valence-corrected chi connectivity index (χ2v) is 10.4. The van der Waals surface area contributed by atoms with Gasteiger partial charge in [0.2, 0.25) is 0 Å². The summed E-state index contributed by atoms with van der Waals surface area (Å²) in [6, 6.07) is 0. The number of pyridine rings is 1. The molecule has 3 aromatic heterocycles. The molecule has 0 fully saturated rings. The standard InChI is InChI=1S/C20H26N4S3/c1-11(2)15-13-8-6-7-12(13)14-16-17(27-18(14)21-15)19(23-20(22-16)25-5)26-10-9-24(3)4/h11H,6-10H2,1-5H3. The number of aromatic nitrogens is 3. The summed E-state index contributed by atoms with van der Waals surface area (Å²) in [7, 11) is 4.23. The highest BCUT2D eigenvalue weighted by molar-refractivity contribution is 7.99. The molecule has 3 heterocycles. The fraction of sp³-hybridized carbons (Fsp3) is 0.550. The Kier molecular flexibility index (Phi) is 5.65. The lowest BCUT2D eigenvalue weighted by molar-refractivity contribution is 0.437. The molecule has 0 saturated carbocycles. The van der Waals surface area contributed by atoms with Gasteiger partial charge in [-0.15, -0.1) is 23.1 Å². The van der Waals surface area contributed by atoms with Crippen LogP contribution in [0.5, 0.6) is 0 Å². The predicted molar refractivity (Wildman–Crippen MR) is 120 cm³/mol. The third kappa shape index (κ3) is 3.59. The van der Waals surface area contributed by atoms with E-state index in [2.05, 4.69) is 39.1 Å². The smallest absolute Gasteiger partial charge is 0.189 e. The Morgan fingerprint density at radius 1 is 1.11 bits per heavy atom. The van der Waals surface area contributed by atoms with Crippen molar-refractivity contribution < 1.29 is 0 Å². The second-order valence-electron chi connectivity index (χ2n) is 7.59. The van der Waals surface area contributed by atoms with E-state index in [4.69, 9.17) is 15.0 Å². The molecule has 4 rings (SSSR count). The van der Waals surface area contributed by atoms with Gasteiger partial charge in [0.1, 0.15) is 9.86 Å². The molecule has 0 atom stereocenters. The van der Waals surface area contributed by atoms with Gasteiger partial charge in [-0.05, 0) is 56.7 Å². The summed E-state index contributed by atoms with van der Waals surface area (Å²) in [6.45, 7) is 5.56. The molecule has 1 aliphatic carbocycles. The molecule has 0 radical (unpaired) electrons. The lowest BCUT2D eigenvalue weighted by Gasteiger charge is -2.12. The minimum Gasteiger partial charge on any atom is -0.309 e. The number of thioether (sulfide) groups is 2. The van der Waals surface area contributed by atoms with Crippen molar-refractivity contribution in [2.75, 3.05) is 32.6 Å². The highest BCUT2D eigenvalue weighted by Crippen LogP contribution is 2.43. The molecule has 0 N–H and O–H groups in total. The van der Waals surface area contributed by atoms with E-state index in [9.17, 15) is 0 Å². The molecule has 0 saturated heterocycles. The maximum absolute atomic E-state index is 5.12. The largest absolute Gasteiger partial charge is 0.309 e. The van der Waals surface area contributed by atoms with Crippen LogP contribution in [0.2, 0.25) is 0 Å². The van der Waals surface area contributed by atoms with E-state index in [-0.39, 0.29) is 0 Å². The number of nitrogens with zero attached hydrogens (tertiary/aromatic N) is 4. The minimum absolute atomic E-state index is 0.466. The van der Waals surface area contributed by atoms with E-state index >= 15 is 0 Å². The fourth-order valence-electron chi connectivity index (χ4n) is 3.74. The van der Waals surface area contributed by atoms with Crippen LogP contribution in [0.1, 0.15) is 43.0 Å². The van der Waals surface area contributed by atoms with Crippen LogP contribution in [0.3, 0.4) is 0 Å². The van der Waals surface area contributed by atoms with Crippen molar-refractivity contribution in [1.82, 2.24) is 19.9 Å². The lowest BCUT2D eigenvalue weighted by Crippen LogP contribution is -2.14. The van der Waals surface area contributed by atoms with Crippen LogP contribution in [0.4, 0.5) is 0 Å². The molecule has 0 unspecified atom stereocenters. The Morgan fingerprint density at radius 2 is 1.89 bits per heavy atom. The summed E-state index contributed by atoms with van der Waals surface area (Å²) in [4.78, 5) is 18.3. The molecule has 144 valence electrons. The zero-order chi connectivity index (χ0) is 19.1. The fourth-order valence-corrected chi connectivity index (χ4v) is 6.53. The van der Waals surface area contributed by atoms with Gasteiger partial charge in [0, 0.05) is 23.4 Å². The maximum atomic E-state index is 5.12. The molecule has 0 aliphatic heterocycles. The highest BCUT2D eigenvalue weighted by atomic mass is 32.2. The molecule has 4 nitrogen and oxygen atoms in total. The van der Waals surface area contributed by atoms with Gasteiger partial charge in [0.25, 0.3) is 0 Å². The number of fused-ring (bicyclic) bond motifs is 5. The zero-order valence-electron chi connectivity index (χ0n) is 16.6. The van der Waals surface area contributed by atoms with Crippen molar-refractivity contribution in [3.63, 3.8) is 0 Å². The SMILES string of the molecule is CSc1nc(SCCN(C)C)c2sc3nc(C(C)C)c4c(c3c2n1)CCC4. The first-order chi connectivity index (χ1) is 13.0. The van der Waals surface area contributed by atoms with Crippen LogP contribution >= 0.6 is 34.9 Å². The summed E-state index contributed by atoms with van der Waals surface area (Å²) in [5, 5.41) is 3.29. The molecule has 3 aromatic rings. The van der Waals surface area contributed by atoms with Crippen molar-refractivity contribution in [1.29, 1.82) is 0 Å². The molecular weight excluding hydrogens is 392 g/mol. The van der Waals surface area contributed by atoms with E-state index in [0.717, 1.165) is 45.7 Å². The Labute approximate surface area is 173 Å². The van der Waals surface area contributed by atoms with E-state index in [1.54, 1.807) is 23.1 Å². The Morgan fingerprint density at radius 3 is 2.59 bits per heavy atom. The minimum atomic E-state index is 0.466. The topological polar surface area (TPSA) is 41.9 Å². The van der Waals surface area contributed by atoms with Crippen LogP contribution in [0.15, 0.2) is 10.2 Å². The Balaban J connectivity index is 1.93. The van der Waals surface area contributed by atoms with Crippen LogP contribution in [-0.4, -0.2) is 52.5 Å². The number of thiophene rings is 1. The van der Waals surface area contributed by atoms with Gasteiger partial charge in [-0.3, -0.25) is 0 Å². The van der Waals surface area contributed by atoms with E-state index in [0.29, 0.717) is 5.92 Å². The summed E-state index contributed by atoms with van der Waals surface area (Å²) < 4.78 is 1.22. The predicted octanol–water partition coefficient (Wildman–Crippen LogP) is 5.23. The van der Waals surface area contributed by atoms with Crippen LogP contribution in [0, 0.1) is 0 Å². The van der Waals surface area contributed by atoms with Crippen LogP contribution in [0.25, 0.3) is 20.4 Å². The molecule has 1 aliphatic rings. The lowest BCUT2D eigenvalue weighted by atomic mass is 9.99. The quantitative estimate of drug-likeness (QED) is 0.310. The summed E-state index contributed by atoms with van der Waals surface area (Å²) in [6.07, 6.45) is 5.61. The summed E-state index contributed by atoms with van der Waals surface area (Å²) in [5.74, 6) is 1.50. The molecule has 27 heavy (non-hydrogen) atoms. The average Bonchev–Trinajstić information content (AvgIpc) is 3.24. The van der Waals surface area contributed by atoms with Gasteiger partial charge >= 0.3 is 0 Å². The molecule has 0 amide bonds. The molecule has 0 aromatic carbocycles. The molecule has 0 bridgehead atoms. The van der Waals surface area contributed by atoms with Crippen molar-refractivity contribution in [3.8, 4) is 0 Å². The van der Waals surface area contributed by atoms with Crippen molar-refractivity contribution in [3.05, 3.63) is 16.8 Å². The van der Waals surface area contributed by atoms with Gasteiger partial charge in [-0.1, -0.05) is 25.6 Å². The van der Waals surface area contributed by atoms with E-state index in [1.165, 1.54) is 33.3 Å². The molecular formula is C20H26N4S3.